The molecule has 1 saturated heterocycles. The number of nitrogens with one attached hydrogen (secondary N) is 2. The van der Waals surface area contributed by atoms with Crippen molar-refractivity contribution >= 4 is 34.2 Å². The molecule has 1 aliphatic heterocycles. The Morgan fingerprint density at radius 2 is 2.03 bits per heavy atom. The van der Waals surface area contributed by atoms with Gasteiger partial charge in [-0.25, -0.2) is 4.79 Å². The van der Waals surface area contributed by atoms with Crippen LogP contribution in [-0.2, 0) is 4.74 Å². The predicted molar refractivity (Wildman–Crippen MR) is 118 cm³/mol. The molecule has 30 heavy (non-hydrogen) atoms. The minimum atomic E-state index is -0.507. The number of amides is 2. The van der Waals surface area contributed by atoms with E-state index in [0.29, 0.717) is 31.5 Å². The van der Waals surface area contributed by atoms with E-state index in [1.165, 1.54) is 0 Å². The molecule has 2 aromatic heterocycles. The van der Waals surface area contributed by atoms with Crippen molar-refractivity contribution in [2.45, 2.75) is 45.3 Å². The van der Waals surface area contributed by atoms with Crippen molar-refractivity contribution in [3.63, 3.8) is 0 Å². The lowest BCUT2D eigenvalue weighted by Crippen LogP contribution is -2.47. The Hall–Kier alpha value is -2.87. The third kappa shape index (κ3) is 4.48. The van der Waals surface area contributed by atoms with E-state index in [2.05, 4.69) is 15.3 Å². The Kier molecular flexibility index (Phi) is 5.51. The second-order valence-electron chi connectivity index (χ2n) is 8.54. The lowest BCUT2D eigenvalue weighted by atomic mass is 10.0. The fraction of sp³-hybridized carbons (Fsp3) is 0.409. The number of likely N-dealkylation sites (tertiary alicyclic amines) is 1. The number of aromatic amines is 1. The normalized spacial score (nSPS) is 15.4. The molecule has 4 rings (SSSR count). The van der Waals surface area contributed by atoms with Crippen LogP contribution in [0.25, 0.3) is 21.3 Å². The van der Waals surface area contributed by atoms with Gasteiger partial charge in [0.1, 0.15) is 5.60 Å². The molecule has 3 aromatic rings. The molecular weight excluding hydrogens is 400 g/mol. The first kappa shape index (κ1) is 20.4. The lowest BCUT2D eigenvalue weighted by Gasteiger charge is -2.33. The molecule has 0 saturated carbocycles. The predicted octanol–water partition coefficient (Wildman–Crippen LogP) is 4.42. The van der Waals surface area contributed by atoms with Gasteiger partial charge < -0.3 is 19.9 Å². The van der Waals surface area contributed by atoms with Crippen molar-refractivity contribution in [1.29, 1.82) is 0 Å². The Labute approximate surface area is 179 Å². The molecule has 158 valence electrons. The van der Waals surface area contributed by atoms with Crippen molar-refractivity contribution in [3.05, 3.63) is 41.7 Å². The molecule has 0 aliphatic carbocycles. The molecule has 7 nitrogen and oxygen atoms in total. The van der Waals surface area contributed by atoms with Crippen LogP contribution in [0, 0.1) is 0 Å². The van der Waals surface area contributed by atoms with E-state index >= 15 is 0 Å². The Balaban J connectivity index is 1.44. The zero-order chi connectivity index (χ0) is 21.3. The van der Waals surface area contributed by atoms with E-state index in [1.807, 2.05) is 51.4 Å². The standard InChI is InChI=1S/C22H26N4O3S/c1-22(2,3)29-21(28)26-8-5-15(6-9-26)25-20(27)17-10-14(19-12-23-13-30-19)11-18-16(17)4-7-24-18/h4,7,10-13,15,24H,5-6,8-9H2,1-3H3,(H,25,27). The van der Waals surface area contributed by atoms with Gasteiger partial charge in [-0.2, -0.15) is 0 Å². The molecule has 8 heteroatoms. The second kappa shape index (κ2) is 8.10. The molecule has 0 spiro atoms. The fourth-order valence-corrected chi connectivity index (χ4v) is 4.26. The third-order valence-corrected chi connectivity index (χ3v) is 5.93. The van der Waals surface area contributed by atoms with Crippen LogP contribution in [0.4, 0.5) is 4.79 Å². The highest BCUT2D eigenvalue weighted by Gasteiger charge is 2.28. The Bertz CT molecular complexity index is 1040. The number of fused-ring (bicyclic) bond motifs is 1. The number of benzene rings is 1. The van der Waals surface area contributed by atoms with Gasteiger partial charge in [0, 0.05) is 48.0 Å². The van der Waals surface area contributed by atoms with E-state index in [1.54, 1.807) is 21.7 Å². The maximum absolute atomic E-state index is 13.1. The fourth-order valence-electron chi connectivity index (χ4n) is 3.65. The summed E-state index contributed by atoms with van der Waals surface area (Å²) in [5.74, 6) is -0.0957. The van der Waals surface area contributed by atoms with Crippen LogP contribution in [0.1, 0.15) is 44.0 Å². The van der Waals surface area contributed by atoms with Crippen molar-refractivity contribution < 1.29 is 14.3 Å². The molecule has 1 fully saturated rings. The number of aromatic nitrogens is 2. The van der Waals surface area contributed by atoms with Crippen LogP contribution >= 0.6 is 11.3 Å². The Morgan fingerprint density at radius 1 is 1.27 bits per heavy atom. The zero-order valence-corrected chi connectivity index (χ0v) is 18.2. The number of rotatable bonds is 3. The van der Waals surface area contributed by atoms with Gasteiger partial charge in [-0.3, -0.25) is 9.78 Å². The van der Waals surface area contributed by atoms with Crippen molar-refractivity contribution in [1.82, 2.24) is 20.2 Å². The lowest BCUT2D eigenvalue weighted by molar-refractivity contribution is 0.0199. The molecule has 1 aromatic carbocycles. The van der Waals surface area contributed by atoms with Gasteiger partial charge in [0.2, 0.25) is 0 Å². The number of carbonyl (C=O) groups is 2. The van der Waals surface area contributed by atoms with Crippen LogP contribution in [-0.4, -0.2) is 51.6 Å². The van der Waals surface area contributed by atoms with Gasteiger partial charge in [-0.05, 0) is 57.4 Å². The smallest absolute Gasteiger partial charge is 0.410 e. The highest BCUT2D eigenvalue weighted by atomic mass is 32.1. The van der Waals surface area contributed by atoms with Gasteiger partial charge in [0.25, 0.3) is 5.91 Å². The van der Waals surface area contributed by atoms with Crippen LogP contribution in [0.2, 0.25) is 0 Å². The number of piperidine rings is 1. The SMILES string of the molecule is CC(C)(C)OC(=O)N1CCC(NC(=O)c2cc(-c3cncs3)cc3[nH]ccc23)CC1. The highest BCUT2D eigenvalue weighted by molar-refractivity contribution is 7.13. The van der Waals surface area contributed by atoms with Crippen LogP contribution in [0.5, 0.6) is 0 Å². The summed E-state index contributed by atoms with van der Waals surface area (Å²) in [5, 5.41) is 4.05. The number of thiazole rings is 1. The number of hydrogen-bond acceptors (Lipinski definition) is 5. The number of ether oxygens (including phenoxy) is 1. The summed E-state index contributed by atoms with van der Waals surface area (Å²) < 4.78 is 5.44. The zero-order valence-electron chi connectivity index (χ0n) is 17.4. The minimum Gasteiger partial charge on any atom is -0.444 e. The molecule has 2 amide bonds. The second-order valence-corrected chi connectivity index (χ2v) is 9.43. The average molecular weight is 427 g/mol. The van der Waals surface area contributed by atoms with Crippen molar-refractivity contribution in [3.8, 4) is 10.4 Å². The molecule has 3 heterocycles. The van der Waals surface area contributed by atoms with E-state index in [0.717, 1.165) is 21.3 Å². The number of carbonyl (C=O) groups excluding carboxylic acids is 2. The topological polar surface area (TPSA) is 87.3 Å². The van der Waals surface area contributed by atoms with Gasteiger partial charge in [-0.1, -0.05) is 0 Å². The van der Waals surface area contributed by atoms with E-state index in [9.17, 15) is 9.59 Å². The largest absolute Gasteiger partial charge is 0.444 e. The summed E-state index contributed by atoms with van der Waals surface area (Å²) in [6.45, 7) is 6.72. The molecule has 0 radical (unpaired) electrons. The first-order chi connectivity index (χ1) is 14.3. The maximum Gasteiger partial charge on any atom is 0.410 e. The average Bonchev–Trinajstić information content (AvgIpc) is 3.38. The summed E-state index contributed by atoms with van der Waals surface area (Å²) in [5.41, 5.74) is 3.81. The molecule has 0 atom stereocenters. The monoisotopic (exact) mass is 426 g/mol. The number of nitrogens with zero attached hydrogens (tertiary/aromatic N) is 2. The van der Waals surface area contributed by atoms with Gasteiger partial charge in [-0.15, -0.1) is 11.3 Å². The summed E-state index contributed by atoms with van der Waals surface area (Å²) in [4.78, 5) is 35.4. The van der Waals surface area contributed by atoms with E-state index in [4.69, 9.17) is 4.74 Å². The summed E-state index contributed by atoms with van der Waals surface area (Å²) >= 11 is 1.54. The highest BCUT2D eigenvalue weighted by Crippen LogP contribution is 2.29. The van der Waals surface area contributed by atoms with E-state index < -0.39 is 5.60 Å². The molecule has 0 unspecified atom stereocenters. The van der Waals surface area contributed by atoms with Crippen LogP contribution < -0.4 is 5.32 Å². The summed E-state index contributed by atoms with van der Waals surface area (Å²) in [7, 11) is 0. The Morgan fingerprint density at radius 3 is 2.70 bits per heavy atom. The molecular formula is C22H26N4O3S. The quantitative estimate of drug-likeness (QED) is 0.649. The summed E-state index contributed by atoms with van der Waals surface area (Å²) in [6.07, 6.45) is 4.77. The first-order valence-corrected chi connectivity index (χ1v) is 11.0. The third-order valence-electron chi connectivity index (χ3n) is 5.11. The molecule has 1 aliphatic rings. The maximum atomic E-state index is 13.1. The summed E-state index contributed by atoms with van der Waals surface area (Å²) in [6, 6.07) is 5.91. The van der Waals surface area contributed by atoms with Crippen LogP contribution in [0.3, 0.4) is 0 Å². The van der Waals surface area contributed by atoms with Gasteiger partial charge in [0.15, 0.2) is 0 Å². The number of hydrogen-bond donors (Lipinski definition) is 2. The van der Waals surface area contributed by atoms with Crippen molar-refractivity contribution in [2.24, 2.45) is 0 Å². The molecule has 2 N–H and O–H groups in total. The van der Waals surface area contributed by atoms with Gasteiger partial charge >= 0.3 is 6.09 Å². The van der Waals surface area contributed by atoms with Gasteiger partial charge in [0.05, 0.1) is 10.4 Å². The van der Waals surface area contributed by atoms with E-state index in [-0.39, 0.29) is 18.0 Å². The molecule has 0 bridgehead atoms. The first-order valence-electron chi connectivity index (χ1n) is 10.1. The van der Waals surface area contributed by atoms with Crippen molar-refractivity contribution in [2.75, 3.05) is 13.1 Å². The minimum absolute atomic E-state index is 0.0252. The number of H-pyrrole nitrogens is 1. The van der Waals surface area contributed by atoms with Crippen LogP contribution in [0.15, 0.2) is 36.1 Å².